The number of amides is 1. The van der Waals surface area contributed by atoms with Crippen molar-refractivity contribution in [2.24, 2.45) is 11.3 Å². The number of hydrazine groups is 1. The predicted molar refractivity (Wildman–Crippen MR) is 80.6 cm³/mol. The van der Waals surface area contributed by atoms with Crippen LogP contribution in [0.25, 0.3) is 0 Å². The Kier molecular flexibility index (Phi) is 4.50. The average molecular weight is 297 g/mol. The van der Waals surface area contributed by atoms with Crippen LogP contribution in [-0.2, 0) is 0 Å². The van der Waals surface area contributed by atoms with Crippen LogP contribution in [0.2, 0.25) is 5.15 Å². The number of pyridine rings is 1. The van der Waals surface area contributed by atoms with Crippen LogP contribution in [0.15, 0.2) is 12.1 Å². The Morgan fingerprint density at radius 1 is 1.40 bits per heavy atom. The maximum atomic E-state index is 12.6. The summed E-state index contributed by atoms with van der Waals surface area (Å²) in [6.07, 6.45) is 3.18. The van der Waals surface area contributed by atoms with Crippen molar-refractivity contribution in [1.29, 1.82) is 0 Å². The molecule has 6 heteroatoms. The van der Waals surface area contributed by atoms with Crippen molar-refractivity contribution < 1.29 is 4.79 Å². The second-order valence-corrected chi connectivity index (χ2v) is 6.41. The fraction of sp³-hybridized carbons (Fsp3) is 0.571. The molecular formula is C14H21ClN4O. The van der Waals surface area contributed by atoms with Gasteiger partial charge in [-0.3, -0.25) is 4.79 Å². The average Bonchev–Trinajstić information content (AvgIpc) is 2.58. The third kappa shape index (κ3) is 3.61. The van der Waals surface area contributed by atoms with Crippen molar-refractivity contribution in [3.05, 3.63) is 22.8 Å². The number of likely N-dealkylation sites (tertiary alicyclic amines) is 1. The number of nitrogens with two attached hydrogens (primary N) is 1. The summed E-state index contributed by atoms with van der Waals surface area (Å²) < 4.78 is 0. The maximum Gasteiger partial charge on any atom is 0.254 e. The lowest BCUT2D eigenvalue weighted by molar-refractivity contribution is 0.0757. The molecule has 2 rings (SSSR count). The zero-order chi connectivity index (χ0) is 14.8. The van der Waals surface area contributed by atoms with E-state index >= 15 is 0 Å². The quantitative estimate of drug-likeness (QED) is 0.500. The van der Waals surface area contributed by atoms with Gasteiger partial charge in [-0.15, -0.1) is 0 Å². The largest absolute Gasteiger partial charge is 0.339 e. The van der Waals surface area contributed by atoms with Gasteiger partial charge in [0.1, 0.15) is 11.0 Å². The molecule has 1 aromatic heterocycles. The fourth-order valence-electron chi connectivity index (χ4n) is 2.50. The topological polar surface area (TPSA) is 71.2 Å². The Hall–Kier alpha value is -1.33. The third-order valence-electron chi connectivity index (χ3n) is 3.82. The summed E-state index contributed by atoms with van der Waals surface area (Å²) in [5.41, 5.74) is 3.25. The van der Waals surface area contributed by atoms with Crippen molar-refractivity contribution in [3.63, 3.8) is 0 Å². The molecule has 1 aliphatic heterocycles. The van der Waals surface area contributed by atoms with Gasteiger partial charge in [0.15, 0.2) is 0 Å². The number of nitrogens with one attached hydrogen (secondary N) is 1. The van der Waals surface area contributed by atoms with Gasteiger partial charge >= 0.3 is 0 Å². The second kappa shape index (κ2) is 5.97. The Morgan fingerprint density at radius 2 is 2.15 bits per heavy atom. The summed E-state index contributed by atoms with van der Waals surface area (Å²) in [7, 11) is 0. The Labute approximate surface area is 124 Å². The monoisotopic (exact) mass is 296 g/mol. The predicted octanol–water partition coefficient (Wildman–Crippen LogP) is 2.67. The van der Waals surface area contributed by atoms with Gasteiger partial charge in [0.2, 0.25) is 0 Å². The van der Waals surface area contributed by atoms with Gasteiger partial charge in [-0.25, -0.2) is 10.8 Å². The van der Waals surface area contributed by atoms with Gasteiger partial charge in [-0.05, 0) is 36.8 Å². The minimum Gasteiger partial charge on any atom is -0.339 e. The lowest BCUT2D eigenvalue weighted by atomic mass is 9.85. The smallest absolute Gasteiger partial charge is 0.254 e. The molecule has 1 saturated heterocycles. The van der Waals surface area contributed by atoms with Gasteiger partial charge in [-0.2, -0.15) is 0 Å². The first-order valence-electron chi connectivity index (χ1n) is 6.85. The number of hydrogen-bond acceptors (Lipinski definition) is 4. The first-order valence-corrected chi connectivity index (χ1v) is 7.22. The number of anilines is 1. The van der Waals surface area contributed by atoms with Crippen molar-refractivity contribution in [2.45, 2.75) is 33.1 Å². The van der Waals surface area contributed by atoms with E-state index in [1.54, 1.807) is 12.1 Å². The van der Waals surface area contributed by atoms with Gasteiger partial charge in [0, 0.05) is 18.7 Å². The van der Waals surface area contributed by atoms with Crippen LogP contribution in [0.1, 0.15) is 43.5 Å². The van der Waals surface area contributed by atoms with E-state index in [1.165, 1.54) is 0 Å². The Morgan fingerprint density at radius 3 is 2.85 bits per heavy atom. The number of nitrogen functional groups attached to an aromatic ring is 1. The van der Waals surface area contributed by atoms with E-state index in [0.29, 0.717) is 16.8 Å². The molecule has 0 bridgehead atoms. The van der Waals surface area contributed by atoms with Crippen molar-refractivity contribution in [1.82, 2.24) is 9.88 Å². The SMILES string of the molecule is CC1(C)CCCN(C(=O)c2cc(Cl)nc(NN)c2)CC1. The van der Waals surface area contributed by atoms with Crippen molar-refractivity contribution in [2.75, 3.05) is 18.5 Å². The van der Waals surface area contributed by atoms with E-state index in [0.717, 1.165) is 32.4 Å². The van der Waals surface area contributed by atoms with Gasteiger partial charge in [-0.1, -0.05) is 25.4 Å². The standard InChI is InChI=1S/C14H21ClN4O/c1-14(2)4-3-6-19(7-5-14)13(20)10-8-11(15)17-12(9-10)18-16/h8-9H,3-7,16H2,1-2H3,(H,17,18). The molecule has 0 unspecified atom stereocenters. The van der Waals surface area contributed by atoms with Crippen LogP contribution in [0.5, 0.6) is 0 Å². The first-order chi connectivity index (χ1) is 9.41. The van der Waals surface area contributed by atoms with Gasteiger partial charge in [0.25, 0.3) is 5.91 Å². The molecule has 1 aromatic rings. The minimum absolute atomic E-state index is 0.0106. The van der Waals surface area contributed by atoms with Gasteiger partial charge < -0.3 is 10.3 Å². The number of carbonyl (C=O) groups excluding carboxylic acids is 1. The summed E-state index contributed by atoms with van der Waals surface area (Å²) in [5.74, 6) is 5.72. The molecule has 1 aliphatic rings. The highest BCUT2D eigenvalue weighted by molar-refractivity contribution is 6.29. The Balaban J connectivity index is 2.16. The normalized spacial score (nSPS) is 18.5. The maximum absolute atomic E-state index is 12.6. The van der Waals surface area contributed by atoms with Crippen molar-refractivity contribution in [3.8, 4) is 0 Å². The van der Waals surface area contributed by atoms with E-state index in [2.05, 4.69) is 24.3 Å². The first kappa shape index (κ1) is 15.1. The molecule has 3 N–H and O–H groups in total. The zero-order valence-electron chi connectivity index (χ0n) is 11.9. The number of rotatable bonds is 2. The molecule has 0 atom stereocenters. The molecule has 0 radical (unpaired) electrons. The third-order valence-corrected chi connectivity index (χ3v) is 4.01. The lowest BCUT2D eigenvalue weighted by Crippen LogP contribution is -2.32. The fourth-order valence-corrected chi connectivity index (χ4v) is 2.71. The molecule has 110 valence electrons. The van der Waals surface area contributed by atoms with E-state index in [1.807, 2.05) is 4.90 Å². The van der Waals surface area contributed by atoms with E-state index in [4.69, 9.17) is 17.4 Å². The van der Waals surface area contributed by atoms with Crippen LogP contribution in [0.3, 0.4) is 0 Å². The summed E-state index contributed by atoms with van der Waals surface area (Å²) >= 11 is 5.91. The number of halogens is 1. The number of aromatic nitrogens is 1. The highest BCUT2D eigenvalue weighted by atomic mass is 35.5. The second-order valence-electron chi connectivity index (χ2n) is 6.02. The van der Waals surface area contributed by atoms with Crippen LogP contribution in [0.4, 0.5) is 5.82 Å². The molecule has 20 heavy (non-hydrogen) atoms. The summed E-state index contributed by atoms with van der Waals surface area (Å²) in [6.45, 7) is 6.06. The molecular weight excluding hydrogens is 276 g/mol. The lowest BCUT2D eigenvalue weighted by Gasteiger charge is -2.23. The molecule has 2 heterocycles. The number of nitrogens with zero attached hydrogens (tertiary/aromatic N) is 2. The highest BCUT2D eigenvalue weighted by Crippen LogP contribution is 2.30. The molecule has 0 aliphatic carbocycles. The van der Waals surface area contributed by atoms with Crippen molar-refractivity contribution >= 4 is 23.3 Å². The van der Waals surface area contributed by atoms with Crippen LogP contribution < -0.4 is 11.3 Å². The van der Waals surface area contributed by atoms with E-state index < -0.39 is 0 Å². The van der Waals surface area contributed by atoms with E-state index in [-0.39, 0.29) is 11.1 Å². The summed E-state index contributed by atoms with van der Waals surface area (Å²) in [5, 5.41) is 0.263. The molecule has 1 fully saturated rings. The molecule has 0 saturated carbocycles. The minimum atomic E-state index is -0.0106. The molecule has 0 aromatic carbocycles. The zero-order valence-corrected chi connectivity index (χ0v) is 12.7. The molecule has 5 nitrogen and oxygen atoms in total. The van der Waals surface area contributed by atoms with Crippen LogP contribution in [0, 0.1) is 5.41 Å². The Bertz CT molecular complexity index is 504. The summed E-state index contributed by atoms with van der Waals surface area (Å²) in [4.78, 5) is 18.4. The molecule has 0 spiro atoms. The number of carbonyl (C=O) groups is 1. The van der Waals surface area contributed by atoms with Crippen LogP contribution in [-0.4, -0.2) is 28.9 Å². The molecule has 1 amide bonds. The van der Waals surface area contributed by atoms with Crippen LogP contribution >= 0.6 is 11.6 Å². The summed E-state index contributed by atoms with van der Waals surface area (Å²) in [6, 6.07) is 3.21. The number of hydrogen-bond donors (Lipinski definition) is 2. The highest BCUT2D eigenvalue weighted by Gasteiger charge is 2.26. The van der Waals surface area contributed by atoms with Gasteiger partial charge in [0.05, 0.1) is 0 Å². The van der Waals surface area contributed by atoms with E-state index in [9.17, 15) is 4.79 Å².